The van der Waals surface area contributed by atoms with E-state index in [9.17, 15) is 26.4 Å². The van der Waals surface area contributed by atoms with Crippen LogP contribution in [0.25, 0.3) is 0 Å². The van der Waals surface area contributed by atoms with Crippen LogP contribution in [0, 0.1) is 0 Å². The normalized spacial score (nSPS) is 14.0. The third-order valence-corrected chi connectivity index (χ3v) is 5.59. The van der Waals surface area contributed by atoms with Crippen LogP contribution in [0.3, 0.4) is 0 Å². The van der Waals surface area contributed by atoms with Gasteiger partial charge < -0.3 is 16.0 Å². The number of rotatable bonds is 8. The molecule has 0 aliphatic heterocycles. The zero-order valence-electron chi connectivity index (χ0n) is 23.1. The van der Waals surface area contributed by atoms with Gasteiger partial charge in [-0.2, -0.15) is 18.2 Å². The van der Waals surface area contributed by atoms with Gasteiger partial charge in [-0.05, 0) is 24.2 Å². The van der Waals surface area contributed by atoms with Crippen LogP contribution in [-0.4, -0.2) is 54.5 Å². The van der Waals surface area contributed by atoms with Gasteiger partial charge in [-0.1, -0.05) is 0 Å². The first-order valence-corrected chi connectivity index (χ1v) is 11.3. The van der Waals surface area contributed by atoms with Crippen LogP contribution in [-0.2, 0) is 22.7 Å². The molecule has 3 rings (SSSR count). The lowest BCUT2D eigenvalue weighted by atomic mass is 10.2. The van der Waals surface area contributed by atoms with Crippen molar-refractivity contribution < 1.29 is 33.2 Å². The number of carbonyl (C=O) groups is 1. The zero-order valence-corrected chi connectivity index (χ0v) is 18.9. The van der Waals surface area contributed by atoms with Crippen molar-refractivity contribution in [2.24, 2.45) is 0 Å². The first kappa shape index (κ1) is 19.3. The number of amides is 1. The van der Waals surface area contributed by atoms with Crippen molar-refractivity contribution in [3.05, 3.63) is 59.6 Å². The number of nitrogens with zero attached hydrogens (tertiary/aromatic N) is 5. The molecule has 3 aromatic rings. The van der Waals surface area contributed by atoms with E-state index in [-0.39, 0.29) is 22.8 Å². The SMILES string of the molecule is [2H]c1cc(C(=O)NC([2H])([2H])[2H])cc([2H])c1Nc1ncc(C(F)(F)F)c(NCc2nccnc2N(C)S(C)(=O)=O)n1. The van der Waals surface area contributed by atoms with Crippen molar-refractivity contribution >= 4 is 39.2 Å². The summed E-state index contributed by atoms with van der Waals surface area (Å²) in [5.41, 5.74) is -1.85. The van der Waals surface area contributed by atoms with Gasteiger partial charge in [0.05, 0.1) is 15.5 Å². The number of anilines is 4. The molecular formula is C20H21F3N8O3S. The Morgan fingerprint density at radius 2 is 1.89 bits per heavy atom. The van der Waals surface area contributed by atoms with Gasteiger partial charge in [0.1, 0.15) is 17.1 Å². The number of nitrogens with one attached hydrogen (secondary N) is 3. The van der Waals surface area contributed by atoms with E-state index in [0.29, 0.717) is 6.20 Å². The summed E-state index contributed by atoms with van der Waals surface area (Å²) in [5, 5.41) is 6.63. The fraction of sp³-hybridized carbons (Fsp3) is 0.250. The molecule has 0 aliphatic carbocycles. The third-order valence-electron chi connectivity index (χ3n) is 4.42. The number of benzene rings is 1. The highest BCUT2D eigenvalue weighted by molar-refractivity contribution is 7.92. The molecule has 0 radical (unpaired) electrons. The fourth-order valence-corrected chi connectivity index (χ4v) is 3.09. The molecular weight excluding hydrogens is 489 g/mol. The predicted molar refractivity (Wildman–Crippen MR) is 123 cm³/mol. The molecule has 15 heteroatoms. The summed E-state index contributed by atoms with van der Waals surface area (Å²) in [6, 6.07) is 0.986. The third kappa shape index (κ3) is 6.32. The second-order valence-corrected chi connectivity index (χ2v) is 8.86. The van der Waals surface area contributed by atoms with E-state index < -0.39 is 65.0 Å². The Balaban J connectivity index is 1.93. The van der Waals surface area contributed by atoms with Gasteiger partial charge >= 0.3 is 6.18 Å². The number of carbonyl (C=O) groups excluding carboxylic acids is 1. The van der Waals surface area contributed by atoms with E-state index >= 15 is 0 Å². The van der Waals surface area contributed by atoms with E-state index in [1.54, 1.807) is 5.32 Å². The van der Waals surface area contributed by atoms with Gasteiger partial charge in [0.2, 0.25) is 16.0 Å². The lowest BCUT2D eigenvalue weighted by molar-refractivity contribution is -0.137. The number of halogens is 3. The predicted octanol–water partition coefficient (Wildman–Crippen LogP) is 2.40. The molecule has 3 N–H and O–H groups in total. The highest BCUT2D eigenvalue weighted by atomic mass is 32.2. The lowest BCUT2D eigenvalue weighted by Gasteiger charge is -2.19. The van der Waals surface area contributed by atoms with Crippen LogP contribution in [0.2, 0.25) is 0 Å². The average Bonchev–Trinajstić information content (AvgIpc) is 2.82. The molecule has 2 heterocycles. The maximum atomic E-state index is 13.7. The minimum atomic E-state index is -4.89. The number of hydrogen-bond donors (Lipinski definition) is 3. The molecule has 0 aliphatic rings. The summed E-state index contributed by atoms with van der Waals surface area (Å²) in [6.45, 7) is -3.23. The zero-order chi connectivity index (χ0) is 30.0. The Morgan fingerprint density at radius 1 is 1.20 bits per heavy atom. The average molecular weight is 516 g/mol. The second-order valence-electron chi connectivity index (χ2n) is 6.85. The van der Waals surface area contributed by atoms with E-state index in [2.05, 4.69) is 30.6 Å². The molecule has 35 heavy (non-hydrogen) atoms. The van der Waals surface area contributed by atoms with Crippen molar-refractivity contribution in [1.82, 2.24) is 25.3 Å². The molecule has 0 saturated carbocycles. The van der Waals surface area contributed by atoms with Gasteiger partial charge in [0.15, 0.2) is 5.82 Å². The molecule has 0 spiro atoms. The molecule has 2 aromatic heterocycles. The molecule has 0 fully saturated rings. The highest BCUT2D eigenvalue weighted by Gasteiger charge is 2.35. The summed E-state index contributed by atoms with van der Waals surface area (Å²) in [6.07, 6.45) is -1.08. The summed E-state index contributed by atoms with van der Waals surface area (Å²) >= 11 is 0. The molecule has 0 saturated heterocycles. The molecule has 0 atom stereocenters. The molecule has 1 aromatic carbocycles. The van der Waals surface area contributed by atoms with Crippen LogP contribution in [0.4, 0.5) is 36.4 Å². The van der Waals surface area contributed by atoms with E-state index in [1.165, 1.54) is 19.4 Å². The van der Waals surface area contributed by atoms with Gasteiger partial charge in [0, 0.05) is 48.0 Å². The van der Waals surface area contributed by atoms with Crippen molar-refractivity contribution in [3.8, 4) is 0 Å². The lowest BCUT2D eigenvalue weighted by Crippen LogP contribution is -2.27. The Kier molecular flexibility index (Phi) is 5.57. The van der Waals surface area contributed by atoms with Crippen LogP contribution >= 0.6 is 0 Å². The molecule has 11 nitrogen and oxygen atoms in total. The first-order chi connectivity index (χ1) is 18.4. The fourth-order valence-electron chi connectivity index (χ4n) is 2.63. The molecule has 1 amide bonds. The number of sulfonamides is 1. The molecule has 186 valence electrons. The molecule has 0 unspecified atom stereocenters. The summed E-state index contributed by atoms with van der Waals surface area (Å²) in [5.74, 6) is -2.37. The van der Waals surface area contributed by atoms with Crippen molar-refractivity contribution in [1.29, 1.82) is 0 Å². The summed E-state index contributed by atoms with van der Waals surface area (Å²) in [4.78, 5) is 27.4. The number of alkyl halides is 3. The van der Waals surface area contributed by atoms with Gasteiger partial charge in [-0.3, -0.25) is 14.1 Å². The van der Waals surface area contributed by atoms with Crippen molar-refractivity contribution in [2.45, 2.75) is 12.7 Å². The largest absolute Gasteiger partial charge is 0.421 e. The molecule has 0 bridgehead atoms. The quantitative estimate of drug-likeness (QED) is 0.412. The van der Waals surface area contributed by atoms with Crippen molar-refractivity contribution in [2.75, 3.05) is 35.2 Å². The first-order valence-electron chi connectivity index (χ1n) is 12.0. The Morgan fingerprint density at radius 3 is 2.51 bits per heavy atom. The Bertz CT molecular complexity index is 1520. The maximum Gasteiger partial charge on any atom is 0.421 e. The van der Waals surface area contributed by atoms with E-state index in [4.69, 9.17) is 6.85 Å². The number of hydrogen-bond acceptors (Lipinski definition) is 9. The summed E-state index contributed by atoms with van der Waals surface area (Å²) < 4.78 is 103. The minimum absolute atomic E-state index is 0.00974. The topological polar surface area (TPSA) is 142 Å². The monoisotopic (exact) mass is 515 g/mol. The highest BCUT2D eigenvalue weighted by Crippen LogP contribution is 2.34. The van der Waals surface area contributed by atoms with Crippen LogP contribution in [0.1, 0.15) is 28.5 Å². The Hall–Kier alpha value is -4.01. The Labute approximate surface area is 205 Å². The van der Waals surface area contributed by atoms with Gasteiger partial charge in [-0.25, -0.2) is 18.4 Å². The van der Waals surface area contributed by atoms with Crippen LogP contribution in [0.15, 0.2) is 42.8 Å². The van der Waals surface area contributed by atoms with Crippen LogP contribution in [0.5, 0.6) is 0 Å². The number of aromatic nitrogens is 4. The maximum absolute atomic E-state index is 13.7. The minimum Gasteiger partial charge on any atom is -0.364 e. The second kappa shape index (κ2) is 10.1. The van der Waals surface area contributed by atoms with Gasteiger partial charge in [0.25, 0.3) is 5.91 Å². The summed E-state index contributed by atoms with van der Waals surface area (Å²) in [7, 11) is -2.56. The van der Waals surface area contributed by atoms with E-state index in [1.807, 2.05) is 0 Å². The van der Waals surface area contributed by atoms with E-state index in [0.717, 1.165) is 22.7 Å². The van der Waals surface area contributed by atoms with Crippen LogP contribution < -0.4 is 20.3 Å². The van der Waals surface area contributed by atoms with Crippen molar-refractivity contribution in [3.63, 3.8) is 0 Å². The smallest absolute Gasteiger partial charge is 0.364 e. The van der Waals surface area contributed by atoms with Gasteiger partial charge in [-0.15, -0.1) is 0 Å². The standard InChI is InChI=1S/C20H21F3N8O3S/c1-24-18(32)12-4-6-13(7-5-12)29-19-28-10-14(20(21,22)23)16(30-19)27-11-15-17(26-9-8-25-15)31(2)35(3,33)34/h4-10H,11H2,1-3H3,(H,24,32)(H2,27,28,29,30)/i1D3,6D,7D.